The topological polar surface area (TPSA) is 41.1 Å². The molecule has 0 aromatic heterocycles. The number of benzene rings is 1. The molecule has 1 aromatic carbocycles. The van der Waals surface area contributed by atoms with E-state index in [0.29, 0.717) is 12.5 Å². The summed E-state index contributed by atoms with van der Waals surface area (Å²) in [5.41, 5.74) is -0.480. The van der Waals surface area contributed by atoms with Gasteiger partial charge in [0.1, 0.15) is 0 Å². The van der Waals surface area contributed by atoms with Crippen LogP contribution in [0.4, 0.5) is 13.2 Å². The predicted molar refractivity (Wildman–Crippen MR) is 90.3 cm³/mol. The highest BCUT2D eigenvalue weighted by molar-refractivity contribution is 5.85. The molecule has 0 spiro atoms. The van der Waals surface area contributed by atoms with Crippen molar-refractivity contribution in [3.63, 3.8) is 0 Å². The Kier molecular flexibility index (Phi) is 8.03. The SMILES string of the molecule is CC(CC(=O)NCC1CCCNC1)c1ccccc1C(F)(F)F.Cl. The molecule has 1 aliphatic heterocycles. The summed E-state index contributed by atoms with van der Waals surface area (Å²) in [6.45, 7) is 4.13. The minimum absolute atomic E-state index is 0. The molecule has 0 saturated carbocycles. The van der Waals surface area contributed by atoms with Crippen LogP contribution in [0.2, 0.25) is 0 Å². The number of halogens is 4. The van der Waals surface area contributed by atoms with Crippen molar-refractivity contribution in [2.24, 2.45) is 5.92 Å². The lowest BCUT2D eigenvalue weighted by Gasteiger charge is -2.23. The van der Waals surface area contributed by atoms with Crippen molar-refractivity contribution in [3.8, 4) is 0 Å². The number of hydrogen-bond donors (Lipinski definition) is 2. The van der Waals surface area contributed by atoms with Crippen molar-refractivity contribution >= 4 is 18.3 Å². The maximum Gasteiger partial charge on any atom is 0.416 e. The molecule has 2 atom stereocenters. The Balaban J connectivity index is 0.00000288. The number of amides is 1. The van der Waals surface area contributed by atoms with Gasteiger partial charge < -0.3 is 10.6 Å². The van der Waals surface area contributed by atoms with Gasteiger partial charge in [0.15, 0.2) is 0 Å². The lowest BCUT2D eigenvalue weighted by atomic mass is 9.92. The highest BCUT2D eigenvalue weighted by Gasteiger charge is 2.34. The predicted octanol–water partition coefficient (Wildman–Crippen LogP) is 3.74. The van der Waals surface area contributed by atoms with Crippen LogP contribution in [0, 0.1) is 5.92 Å². The van der Waals surface area contributed by atoms with Crippen LogP contribution in [0.5, 0.6) is 0 Å². The number of hydrogen-bond acceptors (Lipinski definition) is 2. The first-order valence-corrected chi connectivity index (χ1v) is 8.01. The third-order valence-electron chi connectivity index (χ3n) is 4.28. The third kappa shape index (κ3) is 5.98. The fourth-order valence-corrected chi connectivity index (χ4v) is 3.00. The van der Waals surface area contributed by atoms with Crippen LogP contribution < -0.4 is 10.6 Å². The number of nitrogens with one attached hydrogen (secondary N) is 2. The monoisotopic (exact) mass is 364 g/mol. The lowest BCUT2D eigenvalue weighted by Crippen LogP contribution is -2.38. The van der Waals surface area contributed by atoms with Crippen LogP contribution in [0.1, 0.15) is 43.2 Å². The van der Waals surface area contributed by atoms with Gasteiger partial charge in [0.25, 0.3) is 0 Å². The number of piperidine rings is 1. The largest absolute Gasteiger partial charge is 0.416 e. The summed E-state index contributed by atoms with van der Waals surface area (Å²) in [7, 11) is 0. The summed E-state index contributed by atoms with van der Waals surface area (Å²) < 4.78 is 39.1. The fourth-order valence-electron chi connectivity index (χ4n) is 3.00. The van der Waals surface area contributed by atoms with E-state index in [4.69, 9.17) is 0 Å². The van der Waals surface area contributed by atoms with E-state index in [1.807, 2.05) is 0 Å². The smallest absolute Gasteiger partial charge is 0.356 e. The maximum atomic E-state index is 13.0. The van der Waals surface area contributed by atoms with Crippen LogP contribution in [0.15, 0.2) is 24.3 Å². The molecule has 0 radical (unpaired) electrons. The van der Waals surface area contributed by atoms with Gasteiger partial charge in [0, 0.05) is 13.0 Å². The van der Waals surface area contributed by atoms with Gasteiger partial charge in [0.2, 0.25) is 5.91 Å². The Morgan fingerprint density at radius 3 is 2.71 bits per heavy atom. The molecule has 24 heavy (non-hydrogen) atoms. The minimum atomic E-state index is -4.39. The van der Waals surface area contributed by atoms with Crippen LogP contribution in [-0.2, 0) is 11.0 Å². The molecule has 136 valence electrons. The molecular formula is C17H24ClF3N2O. The molecule has 1 saturated heterocycles. The standard InChI is InChI=1S/C17H23F3N2O.ClH/c1-12(14-6-2-3-7-15(14)17(18,19)20)9-16(23)22-11-13-5-4-8-21-10-13;/h2-3,6-7,12-13,21H,4-5,8-11H2,1H3,(H,22,23);1H. The number of rotatable bonds is 5. The van der Waals surface area contributed by atoms with E-state index >= 15 is 0 Å². The lowest BCUT2D eigenvalue weighted by molar-refractivity contribution is -0.138. The van der Waals surface area contributed by atoms with Gasteiger partial charge in [-0.05, 0) is 49.4 Å². The van der Waals surface area contributed by atoms with Crippen molar-refractivity contribution in [3.05, 3.63) is 35.4 Å². The zero-order valence-electron chi connectivity index (χ0n) is 13.7. The zero-order valence-corrected chi connectivity index (χ0v) is 14.5. The Bertz CT molecular complexity index is 531. The van der Waals surface area contributed by atoms with Gasteiger partial charge in [-0.2, -0.15) is 13.2 Å². The third-order valence-corrected chi connectivity index (χ3v) is 4.28. The number of carbonyl (C=O) groups excluding carboxylic acids is 1. The van der Waals surface area contributed by atoms with Crippen LogP contribution in [0.25, 0.3) is 0 Å². The Morgan fingerprint density at radius 1 is 1.38 bits per heavy atom. The first-order valence-electron chi connectivity index (χ1n) is 8.01. The molecule has 1 amide bonds. The second-order valence-electron chi connectivity index (χ2n) is 6.21. The van der Waals surface area contributed by atoms with Crippen molar-refractivity contribution in [2.75, 3.05) is 19.6 Å². The van der Waals surface area contributed by atoms with Gasteiger partial charge >= 0.3 is 6.18 Å². The Labute approximate surface area is 146 Å². The van der Waals surface area contributed by atoms with Gasteiger partial charge in [-0.1, -0.05) is 25.1 Å². The summed E-state index contributed by atoms with van der Waals surface area (Å²) in [6, 6.07) is 5.46. The first-order chi connectivity index (χ1) is 10.9. The van der Waals surface area contributed by atoms with E-state index < -0.39 is 17.7 Å². The summed E-state index contributed by atoms with van der Waals surface area (Å²) in [4.78, 5) is 12.0. The van der Waals surface area contributed by atoms with Crippen LogP contribution in [-0.4, -0.2) is 25.5 Å². The average molecular weight is 365 g/mol. The highest BCUT2D eigenvalue weighted by Crippen LogP contribution is 2.35. The van der Waals surface area contributed by atoms with Crippen molar-refractivity contribution < 1.29 is 18.0 Å². The molecule has 1 fully saturated rings. The average Bonchev–Trinajstić information content (AvgIpc) is 2.53. The first kappa shape index (κ1) is 20.8. The highest BCUT2D eigenvalue weighted by atomic mass is 35.5. The summed E-state index contributed by atoms with van der Waals surface area (Å²) in [5.74, 6) is -0.261. The summed E-state index contributed by atoms with van der Waals surface area (Å²) in [6.07, 6.45) is -2.17. The van der Waals surface area contributed by atoms with Crippen molar-refractivity contribution in [1.82, 2.24) is 10.6 Å². The normalized spacial score (nSPS) is 19.2. The molecule has 0 bridgehead atoms. The van der Waals surface area contributed by atoms with Gasteiger partial charge in [-0.15, -0.1) is 12.4 Å². The van der Waals surface area contributed by atoms with E-state index in [-0.39, 0.29) is 30.3 Å². The van der Waals surface area contributed by atoms with Crippen molar-refractivity contribution in [2.45, 2.75) is 38.3 Å². The Morgan fingerprint density at radius 2 is 2.08 bits per heavy atom. The van der Waals surface area contributed by atoms with Crippen LogP contribution >= 0.6 is 12.4 Å². The molecule has 1 aliphatic rings. The Hall–Kier alpha value is -1.27. The molecule has 1 aromatic rings. The van der Waals surface area contributed by atoms with E-state index in [1.54, 1.807) is 13.0 Å². The van der Waals surface area contributed by atoms with Crippen LogP contribution in [0.3, 0.4) is 0 Å². The molecule has 7 heteroatoms. The van der Waals surface area contributed by atoms with Gasteiger partial charge in [0.05, 0.1) is 5.56 Å². The van der Waals surface area contributed by atoms with E-state index in [9.17, 15) is 18.0 Å². The molecular weight excluding hydrogens is 341 g/mol. The second-order valence-corrected chi connectivity index (χ2v) is 6.21. The van der Waals surface area contributed by atoms with E-state index in [0.717, 1.165) is 32.0 Å². The summed E-state index contributed by atoms with van der Waals surface area (Å²) >= 11 is 0. The van der Waals surface area contributed by atoms with Crippen molar-refractivity contribution in [1.29, 1.82) is 0 Å². The van der Waals surface area contributed by atoms with Gasteiger partial charge in [-0.3, -0.25) is 4.79 Å². The molecule has 2 unspecified atom stereocenters. The zero-order chi connectivity index (χ0) is 16.9. The molecule has 0 aliphatic carbocycles. The van der Waals surface area contributed by atoms with E-state index in [2.05, 4.69) is 10.6 Å². The second kappa shape index (κ2) is 9.28. The molecule has 3 nitrogen and oxygen atoms in total. The number of carbonyl (C=O) groups is 1. The van der Waals surface area contributed by atoms with Gasteiger partial charge in [-0.25, -0.2) is 0 Å². The maximum absolute atomic E-state index is 13.0. The van der Waals surface area contributed by atoms with E-state index in [1.165, 1.54) is 12.1 Å². The molecule has 2 rings (SSSR count). The minimum Gasteiger partial charge on any atom is -0.356 e. The fraction of sp³-hybridized carbons (Fsp3) is 0.588. The summed E-state index contributed by atoms with van der Waals surface area (Å²) in [5, 5.41) is 6.12. The molecule has 1 heterocycles. The number of alkyl halides is 3. The molecule has 2 N–H and O–H groups in total. The quantitative estimate of drug-likeness (QED) is 0.835.